The fourth-order valence-corrected chi connectivity index (χ4v) is 0. The van der Waals surface area contributed by atoms with Crippen molar-refractivity contribution >= 4 is 0 Å². The Balaban J connectivity index is 2.99. The third-order valence-corrected chi connectivity index (χ3v) is 0.761. The number of rotatable bonds is 1. The van der Waals surface area contributed by atoms with Gasteiger partial charge in [-0.15, -0.1) is 0 Å². The van der Waals surface area contributed by atoms with Gasteiger partial charge in [0.05, 0.1) is 6.10 Å². The summed E-state index contributed by atoms with van der Waals surface area (Å²) in [6, 6.07) is -0.0926. The lowest BCUT2D eigenvalue weighted by molar-refractivity contribution is 0.170. The van der Waals surface area contributed by atoms with E-state index >= 15 is 0 Å². The van der Waals surface area contributed by atoms with E-state index in [0.717, 1.165) is 0 Å². The zero-order valence-corrected chi connectivity index (χ0v) is 4.18. The maximum absolute atomic E-state index is 8.50. The SMILES string of the molecule is CC(O)[C@H](C)N. The first kappa shape index (κ1) is 5.92. The van der Waals surface area contributed by atoms with Crippen LogP contribution in [0.25, 0.3) is 0 Å². The molecule has 0 radical (unpaired) electrons. The molecule has 2 heteroatoms. The molecule has 0 aliphatic carbocycles. The van der Waals surface area contributed by atoms with Gasteiger partial charge in [-0.2, -0.15) is 0 Å². The summed E-state index contributed by atoms with van der Waals surface area (Å²) >= 11 is 0. The smallest absolute Gasteiger partial charge is 0.0660 e. The summed E-state index contributed by atoms with van der Waals surface area (Å²) < 4.78 is 0. The Hall–Kier alpha value is -0.0800. The number of hydrogen-bond donors (Lipinski definition) is 2. The van der Waals surface area contributed by atoms with Crippen LogP contribution in [0.2, 0.25) is 0 Å². The highest BCUT2D eigenvalue weighted by atomic mass is 16.3. The van der Waals surface area contributed by atoms with Crippen molar-refractivity contribution in [2.45, 2.75) is 26.0 Å². The van der Waals surface area contributed by atoms with Crippen molar-refractivity contribution < 1.29 is 5.11 Å². The van der Waals surface area contributed by atoms with Gasteiger partial charge in [0.15, 0.2) is 0 Å². The summed E-state index contributed by atoms with van der Waals surface area (Å²) in [6.45, 7) is 3.44. The number of aliphatic hydroxyl groups excluding tert-OH is 1. The van der Waals surface area contributed by atoms with Crippen molar-refractivity contribution in [3.05, 3.63) is 0 Å². The van der Waals surface area contributed by atoms with Crippen LogP contribution >= 0.6 is 0 Å². The average Bonchev–Trinajstić information content (AvgIpc) is 1.36. The molecule has 0 aliphatic heterocycles. The van der Waals surface area contributed by atoms with E-state index in [1.165, 1.54) is 0 Å². The molecule has 0 saturated heterocycles. The molecule has 0 fully saturated rings. The Kier molecular flexibility index (Phi) is 2.13. The van der Waals surface area contributed by atoms with Crippen LogP contribution in [0.1, 0.15) is 13.8 Å². The lowest BCUT2D eigenvalue weighted by Crippen LogP contribution is -2.28. The van der Waals surface area contributed by atoms with E-state index in [-0.39, 0.29) is 12.1 Å². The second kappa shape index (κ2) is 2.16. The van der Waals surface area contributed by atoms with Gasteiger partial charge in [0.2, 0.25) is 0 Å². The van der Waals surface area contributed by atoms with Crippen LogP contribution in [0.4, 0.5) is 0 Å². The third kappa shape index (κ3) is 2.18. The molecule has 2 nitrogen and oxygen atoms in total. The molecule has 0 rings (SSSR count). The van der Waals surface area contributed by atoms with Gasteiger partial charge >= 0.3 is 0 Å². The van der Waals surface area contributed by atoms with Crippen LogP contribution in [0.15, 0.2) is 0 Å². The molecular weight excluding hydrogens is 78.0 g/mol. The number of hydrogen-bond acceptors (Lipinski definition) is 2. The molecule has 0 heterocycles. The van der Waals surface area contributed by atoms with E-state index in [1.807, 2.05) is 0 Å². The monoisotopic (exact) mass is 89.1 g/mol. The topological polar surface area (TPSA) is 46.2 Å². The minimum atomic E-state index is -0.370. The second-order valence-corrected chi connectivity index (χ2v) is 1.60. The zero-order chi connectivity index (χ0) is 5.15. The van der Waals surface area contributed by atoms with E-state index in [0.29, 0.717) is 0 Å². The van der Waals surface area contributed by atoms with Crippen LogP contribution < -0.4 is 5.73 Å². The summed E-state index contributed by atoms with van der Waals surface area (Å²) in [7, 11) is 0. The normalized spacial score (nSPS) is 20.0. The third-order valence-electron chi connectivity index (χ3n) is 0.761. The van der Waals surface area contributed by atoms with Gasteiger partial charge in [-0.05, 0) is 13.8 Å². The van der Waals surface area contributed by atoms with Gasteiger partial charge in [-0.25, -0.2) is 0 Å². The van der Waals surface area contributed by atoms with Gasteiger partial charge in [-0.1, -0.05) is 0 Å². The highest BCUT2D eigenvalue weighted by Gasteiger charge is 1.97. The van der Waals surface area contributed by atoms with Gasteiger partial charge < -0.3 is 10.8 Å². The minimum Gasteiger partial charge on any atom is -0.392 e. The average molecular weight is 89.1 g/mol. The predicted octanol–water partition coefficient (Wildman–Crippen LogP) is -0.286. The van der Waals surface area contributed by atoms with Crippen LogP contribution in [0.3, 0.4) is 0 Å². The molecule has 0 bridgehead atoms. The van der Waals surface area contributed by atoms with Gasteiger partial charge in [0, 0.05) is 6.04 Å². The van der Waals surface area contributed by atoms with Crippen LogP contribution in [0.5, 0.6) is 0 Å². The molecule has 1 unspecified atom stereocenters. The second-order valence-electron chi connectivity index (χ2n) is 1.60. The first-order valence-electron chi connectivity index (χ1n) is 2.08. The number of aliphatic hydroxyl groups is 1. The summed E-state index contributed by atoms with van der Waals surface area (Å²) in [5.41, 5.74) is 5.19. The Morgan fingerprint density at radius 3 is 1.67 bits per heavy atom. The largest absolute Gasteiger partial charge is 0.392 e. The molecule has 38 valence electrons. The van der Waals surface area contributed by atoms with Crippen molar-refractivity contribution in [2.75, 3.05) is 0 Å². The molecule has 6 heavy (non-hydrogen) atoms. The fourth-order valence-electron chi connectivity index (χ4n) is 0. The van der Waals surface area contributed by atoms with Gasteiger partial charge in [0.25, 0.3) is 0 Å². The Morgan fingerprint density at radius 1 is 1.50 bits per heavy atom. The molecular formula is C4H11NO. The standard InChI is InChI=1S/C4H11NO/c1-3(5)4(2)6/h3-4,6H,5H2,1-2H3/t3-,4?/m0/s1. The van der Waals surface area contributed by atoms with Crippen LogP contribution in [-0.2, 0) is 0 Å². The number of nitrogens with two attached hydrogens (primary N) is 1. The van der Waals surface area contributed by atoms with E-state index in [9.17, 15) is 0 Å². The van der Waals surface area contributed by atoms with Gasteiger partial charge in [0.1, 0.15) is 0 Å². The van der Waals surface area contributed by atoms with E-state index in [2.05, 4.69) is 0 Å². The Morgan fingerprint density at radius 2 is 1.67 bits per heavy atom. The summed E-state index contributed by atoms with van der Waals surface area (Å²) in [5, 5.41) is 8.50. The first-order valence-corrected chi connectivity index (χ1v) is 2.08. The molecule has 0 spiro atoms. The quantitative estimate of drug-likeness (QED) is 0.464. The Bertz CT molecular complexity index is 28.5. The van der Waals surface area contributed by atoms with Crippen molar-refractivity contribution in [3.8, 4) is 0 Å². The maximum atomic E-state index is 8.50. The molecule has 0 aliphatic rings. The van der Waals surface area contributed by atoms with Crippen molar-refractivity contribution in [3.63, 3.8) is 0 Å². The highest BCUT2D eigenvalue weighted by Crippen LogP contribution is 1.81. The van der Waals surface area contributed by atoms with Crippen molar-refractivity contribution in [2.24, 2.45) is 5.73 Å². The van der Waals surface area contributed by atoms with Crippen molar-refractivity contribution in [1.82, 2.24) is 0 Å². The lowest BCUT2D eigenvalue weighted by Gasteiger charge is -2.04. The minimum absolute atomic E-state index is 0.0926. The molecule has 0 aromatic carbocycles. The van der Waals surface area contributed by atoms with Crippen molar-refractivity contribution in [1.29, 1.82) is 0 Å². The first-order chi connectivity index (χ1) is 2.64. The molecule has 0 aromatic heterocycles. The Labute approximate surface area is 38.0 Å². The zero-order valence-electron chi connectivity index (χ0n) is 4.18. The summed E-state index contributed by atoms with van der Waals surface area (Å²) in [6.07, 6.45) is -0.370. The van der Waals surface area contributed by atoms with Crippen LogP contribution in [0, 0.1) is 0 Å². The lowest BCUT2D eigenvalue weighted by atomic mass is 10.2. The molecule has 0 amide bonds. The molecule has 3 N–H and O–H groups in total. The highest BCUT2D eigenvalue weighted by molar-refractivity contribution is 4.57. The molecule has 2 atom stereocenters. The molecule has 0 aromatic rings. The summed E-state index contributed by atoms with van der Waals surface area (Å²) in [5.74, 6) is 0. The maximum Gasteiger partial charge on any atom is 0.0660 e. The van der Waals surface area contributed by atoms with Gasteiger partial charge in [-0.3, -0.25) is 0 Å². The summed E-state index contributed by atoms with van der Waals surface area (Å²) in [4.78, 5) is 0. The molecule has 0 saturated carbocycles. The van der Waals surface area contributed by atoms with E-state index in [1.54, 1.807) is 13.8 Å². The van der Waals surface area contributed by atoms with Crippen LogP contribution in [-0.4, -0.2) is 17.3 Å². The van der Waals surface area contributed by atoms with E-state index < -0.39 is 0 Å². The van der Waals surface area contributed by atoms with E-state index in [4.69, 9.17) is 10.8 Å². The predicted molar refractivity (Wildman–Crippen MR) is 25.3 cm³/mol. The fraction of sp³-hybridized carbons (Fsp3) is 1.00.